The van der Waals surface area contributed by atoms with Crippen LogP contribution in [0.1, 0.15) is 56.7 Å². The zero-order valence-electron chi connectivity index (χ0n) is 26.1. The SMILES string of the molecule is O=C1C(=Cc2cc3sc4c5sc6cc(C=C7C(=O)c8ccccc8C7=O)sc6c5n(C(=O)OCc5ccccc5)c4c3s2)C(=O)c2ccccc21. The fraction of sp³-hybridized carbons (Fsp3) is 0.0250. The number of aromatic nitrogens is 1. The van der Waals surface area contributed by atoms with Gasteiger partial charge >= 0.3 is 6.09 Å². The van der Waals surface area contributed by atoms with Crippen LogP contribution in [0.4, 0.5) is 4.79 Å². The number of nitrogens with zero attached hydrogens (tertiary/aromatic N) is 1. The third kappa shape index (κ3) is 4.49. The van der Waals surface area contributed by atoms with E-state index >= 15 is 0 Å². The van der Waals surface area contributed by atoms with Crippen molar-refractivity contribution in [2.24, 2.45) is 0 Å². The van der Waals surface area contributed by atoms with Crippen LogP contribution in [0.3, 0.4) is 0 Å². The number of benzene rings is 3. The molecule has 0 saturated heterocycles. The minimum Gasteiger partial charge on any atom is -0.444 e. The van der Waals surface area contributed by atoms with E-state index in [-0.39, 0.29) is 40.9 Å². The lowest BCUT2D eigenvalue weighted by Gasteiger charge is -2.07. The lowest BCUT2D eigenvalue weighted by molar-refractivity contribution is 0.0975. The number of allylic oxidation sites excluding steroid dienone is 2. The first kappa shape index (κ1) is 30.3. The first-order valence-electron chi connectivity index (χ1n) is 15.8. The largest absolute Gasteiger partial charge is 0.444 e. The molecule has 0 N–H and O–H groups in total. The lowest BCUT2D eigenvalue weighted by Crippen LogP contribution is -2.13. The quantitative estimate of drug-likeness (QED) is 0.132. The van der Waals surface area contributed by atoms with E-state index in [9.17, 15) is 24.0 Å². The Labute approximate surface area is 303 Å². The third-order valence-electron chi connectivity index (χ3n) is 9.14. The lowest BCUT2D eigenvalue weighted by atomic mass is 10.1. The number of carbonyl (C=O) groups is 5. The Kier molecular flexibility index (Phi) is 6.65. The topological polar surface area (TPSA) is 99.5 Å². The molecule has 0 atom stereocenters. The Morgan fingerprint density at radius 3 is 1.39 bits per heavy atom. The number of ether oxygens (including phenoxy) is 1. The smallest absolute Gasteiger partial charge is 0.419 e. The van der Waals surface area contributed by atoms with Crippen molar-refractivity contribution in [2.45, 2.75) is 6.61 Å². The highest BCUT2D eigenvalue weighted by Gasteiger charge is 2.34. The molecule has 0 spiro atoms. The van der Waals surface area contributed by atoms with Crippen molar-refractivity contribution >= 4 is 126 Å². The molecule has 3 aromatic carbocycles. The summed E-state index contributed by atoms with van der Waals surface area (Å²) in [6.45, 7) is 0.0839. The Balaban J connectivity index is 1.12. The van der Waals surface area contributed by atoms with Gasteiger partial charge in [-0.25, -0.2) is 9.36 Å². The van der Waals surface area contributed by atoms with Gasteiger partial charge in [0, 0.05) is 41.4 Å². The van der Waals surface area contributed by atoms with Crippen LogP contribution in [0.15, 0.2) is 102 Å². The number of fused-ring (bicyclic) bond motifs is 9. The Hall–Kier alpha value is -5.59. The van der Waals surface area contributed by atoms with Crippen LogP contribution in [0, 0.1) is 0 Å². The van der Waals surface area contributed by atoms with Crippen LogP contribution < -0.4 is 0 Å². The number of Topliss-reactive ketones (excluding diaryl/α,β-unsaturated/α-hetero) is 4. The van der Waals surface area contributed by atoms with Gasteiger partial charge in [-0.2, -0.15) is 0 Å². The second-order valence-corrected chi connectivity index (χ2v) is 16.4. The minimum absolute atomic E-state index is 0.0839. The first-order chi connectivity index (χ1) is 24.9. The molecule has 2 aliphatic carbocycles. The Bertz CT molecular complexity index is 2720. The van der Waals surface area contributed by atoms with Crippen LogP contribution in [0.25, 0.3) is 51.4 Å². The molecule has 0 saturated carbocycles. The zero-order valence-corrected chi connectivity index (χ0v) is 29.3. The van der Waals surface area contributed by atoms with Crippen molar-refractivity contribution < 1.29 is 28.7 Å². The van der Waals surface area contributed by atoms with Crippen LogP contribution >= 0.6 is 45.3 Å². The van der Waals surface area contributed by atoms with Crippen LogP contribution in [-0.4, -0.2) is 33.8 Å². The van der Waals surface area contributed by atoms with E-state index in [4.69, 9.17) is 4.74 Å². The van der Waals surface area contributed by atoms with Crippen molar-refractivity contribution in [3.05, 3.63) is 140 Å². The fourth-order valence-corrected chi connectivity index (χ4v) is 12.1. The average Bonchev–Trinajstić information content (AvgIpc) is 4.00. The molecule has 11 heteroatoms. The van der Waals surface area contributed by atoms with Crippen molar-refractivity contribution in [2.75, 3.05) is 0 Å². The molecule has 0 radical (unpaired) electrons. The van der Waals surface area contributed by atoms with E-state index in [1.807, 2.05) is 42.5 Å². The maximum absolute atomic E-state index is 14.1. The summed E-state index contributed by atoms with van der Waals surface area (Å²) in [4.78, 5) is 68.2. The van der Waals surface area contributed by atoms with Crippen molar-refractivity contribution in [3.8, 4) is 0 Å². The highest BCUT2D eigenvalue weighted by molar-refractivity contribution is 7.39. The van der Waals surface area contributed by atoms with Gasteiger partial charge in [-0.3, -0.25) is 19.2 Å². The van der Waals surface area contributed by atoms with Gasteiger partial charge in [0.15, 0.2) is 23.1 Å². The number of rotatable bonds is 4. The summed E-state index contributed by atoms with van der Waals surface area (Å²) < 4.78 is 13.0. The maximum atomic E-state index is 14.1. The predicted molar refractivity (Wildman–Crippen MR) is 204 cm³/mol. The third-order valence-corrected chi connectivity index (χ3v) is 14.0. The predicted octanol–water partition coefficient (Wildman–Crippen LogP) is 10.5. The molecular formula is C40H19NO6S4. The van der Waals surface area contributed by atoms with Gasteiger partial charge in [0.25, 0.3) is 0 Å². The molecule has 51 heavy (non-hydrogen) atoms. The van der Waals surface area contributed by atoms with Gasteiger partial charge in [0.2, 0.25) is 0 Å². The number of thiophene rings is 4. The van der Waals surface area contributed by atoms with E-state index in [1.54, 1.807) is 87.9 Å². The zero-order chi connectivity index (χ0) is 34.5. The number of hydrogen-bond acceptors (Lipinski definition) is 10. The van der Waals surface area contributed by atoms with Crippen molar-refractivity contribution in [1.82, 2.24) is 4.57 Å². The van der Waals surface area contributed by atoms with Crippen LogP contribution in [-0.2, 0) is 11.3 Å². The molecule has 0 aliphatic heterocycles. The molecule has 0 unspecified atom stereocenters. The van der Waals surface area contributed by atoms with Gasteiger partial charge in [0.1, 0.15) is 6.61 Å². The highest BCUT2D eigenvalue weighted by Crippen LogP contribution is 2.51. The first-order valence-corrected chi connectivity index (χ1v) is 19.1. The van der Waals surface area contributed by atoms with E-state index in [0.717, 1.165) is 43.5 Å². The summed E-state index contributed by atoms with van der Waals surface area (Å²) in [7, 11) is 0. The molecular weight excluding hydrogens is 719 g/mol. The summed E-state index contributed by atoms with van der Waals surface area (Å²) in [5, 5.41) is 0. The molecule has 5 heterocycles. The maximum Gasteiger partial charge on any atom is 0.419 e. The average molecular weight is 738 g/mol. The summed E-state index contributed by atoms with van der Waals surface area (Å²) in [5.74, 6) is -1.16. The molecule has 5 aromatic heterocycles. The molecule has 0 bridgehead atoms. The summed E-state index contributed by atoms with van der Waals surface area (Å²) in [5.41, 5.74) is 4.17. The van der Waals surface area contributed by atoms with Gasteiger partial charge in [-0.15, -0.1) is 45.3 Å². The Morgan fingerprint density at radius 1 is 0.549 bits per heavy atom. The molecule has 0 fully saturated rings. The standard InChI is InChI=1S/C40H19NO6S4/c42-32-22-10-4-5-11-23(22)33(43)26(32)14-20-16-28-36(48-20)30-38(50-28)39-31(41(30)40(46)47-18-19-8-2-1-3-9-19)37-29(51-39)17-21(49-37)15-27-34(44)24-12-6-7-13-25(24)35(27)45/h1-17H,18H2. The highest BCUT2D eigenvalue weighted by atomic mass is 32.1. The van der Waals surface area contributed by atoms with E-state index in [0.29, 0.717) is 33.3 Å². The van der Waals surface area contributed by atoms with Crippen LogP contribution in [0.5, 0.6) is 0 Å². The monoisotopic (exact) mass is 737 g/mol. The van der Waals surface area contributed by atoms with Gasteiger partial charge in [0.05, 0.1) is 41.0 Å². The summed E-state index contributed by atoms with van der Waals surface area (Å²) >= 11 is 5.94. The van der Waals surface area contributed by atoms with E-state index in [2.05, 4.69) is 0 Å². The molecule has 8 aromatic rings. The van der Waals surface area contributed by atoms with Gasteiger partial charge < -0.3 is 4.74 Å². The van der Waals surface area contributed by atoms with Crippen molar-refractivity contribution in [3.63, 3.8) is 0 Å². The van der Waals surface area contributed by atoms with Crippen LogP contribution in [0.2, 0.25) is 0 Å². The van der Waals surface area contributed by atoms with E-state index < -0.39 is 6.09 Å². The molecule has 10 rings (SSSR count). The number of hydrogen-bond donors (Lipinski definition) is 0. The summed E-state index contributed by atoms with van der Waals surface area (Å²) in [6.07, 6.45) is 2.77. The number of ketones is 4. The van der Waals surface area contributed by atoms with Crippen molar-refractivity contribution in [1.29, 1.82) is 0 Å². The minimum atomic E-state index is -0.534. The fourth-order valence-electron chi connectivity index (χ4n) is 6.82. The molecule has 0 amide bonds. The molecule has 7 nitrogen and oxygen atoms in total. The Morgan fingerprint density at radius 2 is 0.961 bits per heavy atom. The molecule has 244 valence electrons. The van der Waals surface area contributed by atoms with E-state index in [1.165, 1.54) is 22.7 Å². The van der Waals surface area contributed by atoms with Gasteiger partial charge in [-0.1, -0.05) is 78.9 Å². The second-order valence-electron chi connectivity index (χ2n) is 12.1. The molecule has 2 aliphatic rings. The normalized spacial score (nSPS) is 14.1. The second kappa shape index (κ2) is 11.2. The van der Waals surface area contributed by atoms with Gasteiger partial charge in [-0.05, 0) is 29.8 Å². The summed E-state index contributed by atoms with van der Waals surface area (Å²) in [6, 6.07) is 27.1. The number of carbonyl (C=O) groups excluding carboxylic acids is 5.